The van der Waals surface area contributed by atoms with Crippen molar-refractivity contribution < 1.29 is 34.3 Å². The highest BCUT2D eigenvalue weighted by molar-refractivity contribution is 5.77. The third-order valence-corrected chi connectivity index (χ3v) is 4.72. The van der Waals surface area contributed by atoms with Gasteiger partial charge in [0.1, 0.15) is 19.1 Å². The Hall–Kier alpha value is -0.770. The SMILES string of the molecule is CC[NH+](CC[NH+](C)C)CC(=O)NC1C(OC)OC(CO)C(C)C1O. The molecule has 8 heteroatoms. The second-order valence-electron chi connectivity index (χ2n) is 6.89. The van der Waals surface area contributed by atoms with Crippen molar-refractivity contribution >= 4 is 5.91 Å². The molecule has 1 aliphatic rings. The van der Waals surface area contributed by atoms with Gasteiger partial charge in [-0.3, -0.25) is 4.79 Å². The summed E-state index contributed by atoms with van der Waals surface area (Å²) < 4.78 is 10.9. The van der Waals surface area contributed by atoms with E-state index in [1.54, 1.807) is 6.92 Å². The third kappa shape index (κ3) is 5.94. The van der Waals surface area contributed by atoms with E-state index < -0.39 is 24.5 Å². The number of amides is 1. The molecule has 1 fully saturated rings. The zero-order chi connectivity index (χ0) is 18.3. The van der Waals surface area contributed by atoms with Crippen molar-refractivity contribution in [2.75, 3.05) is 54.0 Å². The minimum Gasteiger partial charge on any atom is -0.394 e. The van der Waals surface area contributed by atoms with Crippen molar-refractivity contribution in [1.29, 1.82) is 0 Å². The molecule has 5 N–H and O–H groups in total. The molecule has 1 heterocycles. The number of likely N-dealkylation sites (N-methyl/N-ethyl adjacent to an activating group) is 2. The van der Waals surface area contributed by atoms with Crippen LogP contribution in [0.2, 0.25) is 0 Å². The van der Waals surface area contributed by atoms with Gasteiger partial charge in [-0.2, -0.15) is 0 Å². The van der Waals surface area contributed by atoms with E-state index in [0.29, 0.717) is 6.54 Å². The molecule has 24 heavy (non-hydrogen) atoms. The Kier molecular flexibility index (Phi) is 9.11. The Bertz CT molecular complexity index is 381. The zero-order valence-electron chi connectivity index (χ0n) is 15.5. The van der Waals surface area contributed by atoms with Crippen LogP contribution in [0.4, 0.5) is 0 Å². The first-order chi connectivity index (χ1) is 11.3. The molecular formula is C16H35N3O5+2. The number of methoxy groups -OCH3 is 1. The van der Waals surface area contributed by atoms with Gasteiger partial charge in [-0.1, -0.05) is 6.92 Å². The highest BCUT2D eigenvalue weighted by atomic mass is 16.7. The van der Waals surface area contributed by atoms with E-state index in [2.05, 4.69) is 26.3 Å². The number of hydrogen-bond donors (Lipinski definition) is 5. The van der Waals surface area contributed by atoms with Crippen LogP contribution >= 0.6 is 0 Å². The first-order valence-corrected chi connectivity index (χ1v) is 8.73. The number of aliphatic hydroxyl groups excluding tert-OH is 2. The number of rotatable bonds is 9. The number of quaternary nitrogens is 2. The predicted molar refractivity (Wildman–Crippen MR) is 88.8 cm³/mol. The van der Waals surface area contributed by atoms with E-state index in [1.165, 1.54) is 16.9 Å². The second-order valence-corrected chi connectivity index (χ2v) is 6.89. The van der Waals surface area contributed by atoms with E-state index >= 15 is 0 Å². The van der Waals surface area contributed by atoms with Crippen LogP contribution in [0.25, 0.3) is 0 Å². The number of nitrogens with one attached hydrogen (secondary N) is 3. The molecule has 1 saturated heterocycles. The van der Waals surface area contributed by atoms with Crippen LogP contribution in [0.5, 0.6) is 0 Å². The van der Waals surface area contributed by atoms with Crippen molar-refractivity contribution in [2.24, 2.45) is 5.92 Å². The van der Waals surface area contributed by atoms with E-state index in [9.17, 15) is 15.0 Å². The zero-order valence-corrected chi connectivity index (χ0v) is 15.5. The van der Waals surface area contributed by atoms with Gasteiger partial charge in [0, 0.05) is 13.0 Å². The molecule has 0 spiro atoms. The fourth-order valence-corrected chi connectivity index (χ4v) is 2.93. The van der Waals surface area contributed by atoms with Crippen molar-refractivity contribution in [3.05, 3.63) is 0 Å². The molecule has 0 aromatic carbocycles. The second kappa shape index (κ2) is 10.3. The largest absolute Gasteiger partial charge is 0.394 e. The Morgan fingerprint density at radius 2 is 2.00 bits per heavy atom. The quantitative estimate of drug-likeness (QED) is 0.291. The molecule has 1 aliphatic heterocycles. The summed E-state index contributed by atoms with van der Waals surface area (Å²) in [6, 6.07) is -0.641. The Morgan fingerprint density at radius 3 is 2.50 bits per heavy atom. The molecule has 1 amide bonds. The topological polar surface area (TPSA) is 96.9 Å². The summed E-state index contributed by atoms with van der Waals surface area (Å²) in [5, 5.41) is 22.6. The van der Waals surface area contributed by atoms with E-state index in [-0.39, 0.29) is 18.4 Å². The molecule has 142 valence electrons. The maximum absolute atomic E-state index is 12.4. The summed E-state index contributed by atoms with van der Waals surface area (Å²) in [6.45, 7) is 6.76. The molecule has 8 nitrogen and oxygen atoms in total. The smallest absolute Gasteiger partial charge is 0.275 e. The first kappa shape index (κ1) is 21.3. The molecular weight excluding hydrogens is 314 g/mol. The van der Waals surface area contributed by atoms with Crippen LogP contribution < -0.4 is 15.1 Å². The summed E-state index contributed by atoms with van der Waals surface area (Å²) in [7, 11) is 5.64. The van der Waals surface area contributed by atoms with Gasteiger partial charge in [-0.15, -0.1) is 0 Å². The Labute approximate surface area is 144 Å². The molecule has 0 radical (unpaired) electrons. The highest BCUT2D eigenvalue weighted by Gasteiger charge is 2.43. The number of hydrogen-bond acceptors (Lipinski definition) is 5. The van der Waals surface area contributed by atoms with Crippen LogP contribution in [-0.4, -0.2) is 94.7 Å². The highest BCUT2D eigenvalue weighted by Crippen LogP contribution is 2.26. The summed E-state index contributed by atoms with van der Waals surface area (Å²) in [4.78, 5) is 14.9. The maximum atomic E-state index is 12.4. The van der Waals surface area contributed by atoms with E-state index in [1.807, 2.05) is 0 Å². The van der Waals surface area contributed by atoms with Gasteiger partial charge in [0.05, 0.1) is 39.5 Å². The van der Waals surface area contributed by atoms with Crippen molar-refractivity contribution in [3.63, 3.8) is 0 Å². The average Bonchev–Trinajstić information content (AvgIpc) is 2.55. The summed E-state index contributed by atoms with van der Waals surface area (Å²) in [6.07, 6.45) is -2.10. The first-order valence-electron chi connectivity index (χ1n) is 8.73. The van der Waals surface area contributed by atoms with Gasteiger partial charge < -0.3 is 34.8 Å². The molecule has 0 bridgehead atoms. The standard InChI is InChI=1S/C16H33N3O5/c1-6-19(8-7-18(3)4)9-13(21)17-14-15(22)11(2)12(10-20)24-16(14)23-5/h11-12,14-16,20,22H,6-10H2,1-5H3,(H,17,21)/p+2. The number of ether oxygens (including phenoxy) is 2. The van der Waals surface area contributed by atoms with Gasteiger partial charge in [0.2, 0.25) is 0 Å². The fraction of sp³-hybridized carbons (Fsp3) is 0.938. The molecule has 1 rings (SSSR count). The predicted octanol–water partition coefficient (Wildman–Crippen LogP) is -4.12. The third-order valence-electron chi connectivity index (χ3n) is 4.72. The van der Waals surface area contributed by atoms with Gasteiger partial charge in [0.15, 0.2) is 12.8 Å². The lowest BCUT2D eigenvalue weighted by Crippen LogP contribution is -3.18. The summed E-state index contributed by atoms with van der Waals surface area (Å²) >= 11 is 0. The van der Waals surface area contributed by atoms with Crippen LogP contribution in [-0.2, 0) is 14.3 Å². The fourth-order valence-electron chi connectivity index (χ4n) is 2.93. The molecule has 6 unspecified atom stereocenters. The summed E-state index contributed by atoms with van der Waals surface area (Å²) in [5.41, 5.74) is 0. The van der Waals surface area contributed by atoms with Crippen LogP contribution in [0.15, 0.2) is 0 Å². The lowest BCUT2D eigenvalue weighted by atomic mass is 9.89. The molecule has 0 saturated carbocycles. The lowest BCUT2D eigenvalue weighted by molar-refractivity contribution is -0.935. The molecule has 6 atom stereocenters. The maximum Gasteiger partial charge on any atom is 0.275 e. The van der Waals surface area contributed by atoms with Gasteiger partial charge in [0.25, 0.3) is 5.91 Å². The normalized spacial score (nSPS) is 31.9. The number of carbonyl (C=O) groups is 1. The molecule has 0 aliphatic carbocycles. The minimum absolute atomic E-state index is 0.134. The molecule has 0 aromatic rings. The van der Waals surface area contributed by atoms with Crippen molar-refractivity contribution in [2.45, 2.75) is 38.4 Å². The number of carbonyl (C=O) groups excluding carboxylic acids is 1. The summed E-state index contributed by atoms with van der Waals surface area (Å²) in [5.74, 6) is -0.427. The van der Waals surface area contributed by atoms with Crippen molar-refractivity contribution in [3.8, 4) is 0 Å². The van der Waals surface area contributed by atoms with Crippen LogP contribution in [0.3, 0.4) is 0 Å². The average molecular weight is 349 g/mol. The van der Waals surface area contributed by atoms with E-state index in [4.69, 9.17) is 9.47 Å². The van der Waals surface area contributed by atoms with Crippen molar-refractivity contribution in [1.82, 2.24) is 5.32 Å². The Balaban J connectivity index is 2.62. The minimum atomic E-state index is -0.832. The molecule has 0 aromatic heterocycles. The monoisotopic (exact) mass is 349 g/mol. The van der Waals surface area contributed by atoms with E-state index in [0.717, 1.165) is 19.6 Å². The lowest BCUT2D eigenvalue weighted by Gasteiger charge is -2.42. The van der Waals surface area contributed by atoms with Gasteiger partial charge in [-0.25, -0.2) is 0 Å². The van der Waals surface area contributed by atoms with Gasteiger partial charge >= 0.3 is 0 Å². The van der Waals surface area contributed by atoms with Crippen LogP contribution in [0.1, 0.15) is 13.8 Å². The van der Waals surface area contributed by atoms with Crippen LogP contribution in [0, 0.1) is 5.92 Å². The number of aliphatic hydroxyl groups is 2. The van der Waals surface area contributed by atoms with Gasteiger partial charge in [-0.05, 0) is 6.92 Å². The Morgan fingerprint density at radius 1 is 1.33 bits per heavy atom.